The van der Waals surface area contributed by atoms with Crippen molar-refractivity contribution in [3.63, 3.8) is 0 Å². The van der Waals surface area contributed by atoms with Crippen LogP contribution in [0.2, 0.25) is 0 Å². The number of urea groups is 1. The number of rotatable bonds is 4. The molecule has 0 unspecified atom stereocenters. The molecule has 0 bridgehead atoms. The Morgan fingerprint density at radius 3 is 2.85 bits per heavy atom. The third kappa shape index (κ3) is 4.55. The van der Waals surface area contributed by atoms with Crippen molar-refractivity contribution >= 4 is 11.7 Å². The topological polar surface area (TPSA) is 60.0 Å². The molecule has 0 saturated carbocycles. The lowest BCUT2D eigenvalue weighted by Gasteiger charge is -2.45. The predicted octanol–water partition coefficient (Wildman–Crippen LogP) is 3.67. The van der Waals surface area contributed by atoms with E-state index >= 15 is 0 Å². The predicted molar refractivity (Wildman–Crippen MR) is 103 cm³/mol. The summed E-state index contributed by atoms with van der Waals surface area (Å²) in [6.07, 6.45) is 6.65. The van der Waals surface area contributed by atoms with Gasteiger partial charge in [-0.3, -0.25) is 0 Å². The SMILES string of the molecule is O=C(Nc1ccccc1OC[C@H]1CCCO1)N1CCCC2(CCOCC2)C1. The largest absolute Gasteiger partial charge is 0.489 e. The quantitative estimate of drug-likeness (QED) is 0.874. The number of piperidine rings is 1. The minimum atomic E-state index is -0.0336. The molecule has 27 heavy (non-hydrogen) atoms. The van der Waals surface area contributed by atoms with Crippen LogP contribution in [0.4, 0.5) is 10.5 Å². The summed E-state index contributed by atoms with van der Waals surface area (Å²) in [5.74, 6) is 0.708. The number of ether oxygens (including phenoxy) is 3. The fourth-order valence-corrected chi connectivity index (χ4v) is 4.44. The molecular weight excluding hydrogens is 344 g/mol. The van der Waals surface area contributed by atoms with E-state index in [0.29, 0.717) is 12.4 Å². The van der Waals surface area contributed by atoms with E-state index in [-0.39, 0.29) is 17.6 Å². The van der Waals surface area contributed by atoms with Crippen molar-refractivity contribution < 1.29 is 19.0 Å². The molecule has 1 aromatic rings. The average Bonchev–Trinajstić information content (AvgIpc) is 3.21. The third-order valence-electron chi connectivity index (χ3n) is 6.08. The van der Waals surface area contributed by atoms with Gasteiger partial charge in [0.2, 0.25) is 0 Å². The maximum Gasteiger partial charge on any atom is 0.321 e. The lowest BCUT2D eigenvalue weighted by molar-refractivity contribution is -0.0175. The Bertz CT molecular complexity index is 633. The Morgan fingerprint density at radius 1 is 1.19 bits per heavy atom. The van der Waals surface area contributed by atoms with Crippen LogP contribution in [0.25, 0.3) is 0 Å². The number of hydrogen-bond acceptors (Lipinski definition) is 4. The molecule has 6 nitrogen and oxygen atoms in total. The number of likely N-dealkylation sites (tertiary alicyclic amines) is 1. The summed E-state index contributed by atoms with van der Waals surface area (Å²) in [5.41, 5.74) is 0.969. The molecule has 3 aliphatic rings. The van der Waals surface area contributed by atoms with Gasteiger partial charge in [-0.05, 0) is 56.1 Å². The molecule has 1 atom stereocenters. The summed E-state index contributed by atoms with van der Waals surface area (Å²) in [5, 5.41) is 3.07. The van der Waals surface area contributed by atoms with Gasteiger partial charge < -0.3 is 24.4 Å². The van der Waals surface area contributed by atoms with Crippen LogP contribution >= 0.6 is 0 Å². The van der Waals surface area contributed by atoms with Crippen molar-refractivity contribution in [2.75, 3.05) is 44.8 Å². The van der Waals surface area contributed by atoms with Crippen LogP contribution < -0.4 is 10.1 Å². The highest BCUT2D eigenvalue weighted by molar-refractivity contribution is 5.91. The molecule has 2 amide bonds. The van der Waals surface area contributed by atoms with E-state index in [9.17, 15) is 4.79 Å². The number of carbonyl (C=O) groups is 1. The number of nitrogens with one attached hydrogen (secondary N) is 1. The van der Waals surface area contributed by atoms with E-state index in [1.54, 1.807) is 0 Å². The molecule has 1 spiro atoms. The Hall–Kier alpha value is -1.79. The van der Waals surface area contributed by atoms with E-state index in [4.69, 9.17) is 14.2 Å². The fraction of sp³-hybridized carbons (Fsp3) is 0.667. The molecule has 1 aromatic carbocycles. The van der Waals surface area contributed by atoms with Crippen LogP contribution in [0, 0.1) is 5.41 Å². The zero-order valence-corrected chi connectivity index (χ0v) is 16.0. The molecule has 148 valence electrons. The number of benzene rings is 1. The van der Waals surface area contributed by atoms with Gasteiger partial charge in [0.25, 0.3) is 0 Å². The number of amides is 2. The van der Waals surface area contributed by atoms with Crippen LogP contribution in [-0.2, 0) is 9.47 Å². The van der Waals surface area contributed by atoms with Crippen molar-refractivity contribution in [3.8, 4) is 5.75 Å². The van der Waals surface area contributed by atoms with Gasteiger partial charge in [-0.25, -0.2) is 4.79 Å². The normalized spacial score (nSPS) is 24.7. The van der Waals surface area contributed by atoms with Crippen molar-refractivity contribution in [2.45, 2.75) is 44.6 Å². The molecule has 1 N–H and O–H groups in total. The Kier molecular flexibility index (Phi) is 5.83. The van der Waals surface area contributed by atoms with Crippen LogP contribution in [0.1, 0.15) is 38.5 Å². The van der Waals surface area contributed by atoms with E-state index in [2.05, 4.69) is 5.32 Å². The minimum absolute atomic E-state index is 0.0336. The van der Waals surface area contributed by atoms with Crippen LogP contribution in [0.3, 0.4) is 0 Å². The number of hydrogen-bond donors (Lipinski definition) is 1. The summed E-state index contributed by atoms with van der Waals surface area (Å²) in [6.45, 7) is 4.60. The molecule has 6 heteroatoms. The number of anilines is 1. The van der Waals surface area contributed by atoms with Gasteiger partial charge in [0.15, 0.2) is 0 Å². The fourth-order valence-electron chi connectivity index (χ4n) is 4.44. The van der Waals surface area contributed by atoms with Crippen molar-refractivity contribution in [1.82, 2.24) is 4.90 Å². The van der Waals surface area contributed by atoms with Gasteiger partial charge in [0.05, 0.1) is 11.8 Å². The maximum absolute atomic E-state index is 12.9. The molecular formula is C21H30N2O4. The molecule has 0 radical (unpaired) electrons. The average molecular weight is 374 g/mol. The molecule has 0 aliphatic carbocycles. The summed E-state index contributed by atoms with van der Waals surface area (Å²) < 4.78 is 17.1. The van der Waals surface area contributed by atoms with Gasteiger partial charge >= 0.3 is 6.03 Å². The Labute approximate surface area is 161 Å². The van der Waals surface area contributed by atoms with Crippen molar-refractivity contribution in [2.24, 2.45) is 5.41 Å². The standard InChI is InChI=1S/C21H30N2O4/c24-20(23-11-4-8-21(16-23)9-13-25-14-10-21)22-18-6-1-2-7-19(18)27-15-17-5-3-12-26-17/h1-2,6-7,17H,3-5,8-16H2,(H,22,24)/t17-/m1/s1. The molecule has 3 fully saturated rings. The number of carbonyl (C=O) groups excluding carboxylic acids is 1. The summed E-state index contributed by atoms with van der Waals surface area (Å²) in [6, 6.07) is 7.62. The highest BCUT2D eigenvalue weighted by Crippen LogP contribution is 2.39. The second-order valence-electron chi connectivity index (χ2n) is 8.01. The van der Waals surface area contributed by atoms with Crippen LogP contribution in [-0.4, -0.2) is 56.6 Å². The van der Waals surface area contributed by atoms with Gasteiger partial charge in [-0.15, -0.1) is 0 Å². The molecule has 0 aromatic heterocycles. The summed E-state index contributed by atoms with van der Waals surface area (Å²) >= 11 is 0. The van der Waals surface area contributed by atoms with E-state index < -0.39 is 0 Å². The van der Waals surface area contributed by atoms with Crippen molar-refractivity contribution in [3.05, 3.63) is 24.3 Å². The summed E-state index contributed by atoms with van der Waals surface area (Å²) in [4.78, 5) is 14.9. The first-order valence-electron chi connectivity index (χ1n) is 10.2. The first kappa shape index (κ1) is 18.6. The van der Waals surface area contributed by atoms with Crippen LogP contribution in [0.5, 0.6) is 5.75 Å². The molecule has 3 aliphatic heterocycles. The highest BCUT2D eigenvalue weighted by atomic mass is 16.5. The maximum atomic E-state index is 12.9. The third-order valence-corrected chi connectivity index (χ3v) is 6.08. The Balaban J connectivity index is 1.37. The van der Waals surface area contributed by atoms with Crippen LogP contribution in [0.15, 0.2) is 24.3 Å². The lowest BCUT2D eigenvalue weighted by Crippen LogP contribution is -2.49. The lowest BCUT2D eigenvalue weighted by atomic mass is 9.74. The second kappa shape index (κ2) is 8.48. The molecule has 3 saturated heterocycles. The smallest absolute Gasteiger partial charge is 0.321 e. The van der Waals surface area contributed by atoms with Gasteiger partial charge in [-0.1, -0.05) is 12.1 Å². The van der Waals surface area contributed by atoms with Gasteiger partial charge in [-0.2, -0.15) is 0 Å². The van der Waals surface area contributed by atoms with E-state index in [1.807, 2.05) is 29.2 Å². The van der Waals surface area contributed by atoms with E-state index in [0.717, 1.165) is 70.7 Å². The van der Waals surface area contributed by atoms with Gasteiger partial charge in [0, 0.05) is 32.9 Å². The molecule has 3 heterocycles. The zero-order chi connectivity index (χ0) is 18.5. The van der Waals surface area contributed by atoms with Gasteiger partial charge in [0.1, 0.15) is 12.4 Å². The van der Waals surface area contributed by atoms with Crippen molar-refractivity contribution in [1.29, 1.82) is 0 Å². The Morgan fingerprint density at radius 2 is 2.04 bits per heavy atom. The number of para-hydroxylation sites is 2. The molecule has 4 rings (SSSR count). The van der Waals surface area contributed by atoms with E-state index in [1.165, 1.54) is 6.42 Å². The monoisotopic (exact) mass is 374 g/mol. The second-order valence-corrected chi connectivity index (χ2v) is 8.01. The zero-order valence-electron chi connectivity index (χ0n) is 16.0. The first-order chi connectivity index (χ1) is 13.2. The first-order valence-corrected chi connectivity index (χ1v) is 10.2. The highest BCUT2D eigenvalue weighted by Gasteiger charge is 2.38. The number of nitrogens with zero attached hydrogens (tertiary/aromatic N) is 1. The summed E-state index contributed by atoms with van der Waals surface area (Å²) in [7, 11) is 0. The minimum Gasteiger partial charge on any atom is -0.489 e.